The quantitative estimate of drug-likeness (QED) is 0.701. The van der Waals surface area contributed by atoms with Crippen molar-refractivity contribution in [2.24, 2.45) is 0 Å². The van der Waals surface area contributed by atoms with E-state index in [2.05, 4.69) is 34.8 Å². The van der Waals surface area contributed by atoms with Crippen molar-refractivity contribution in [1.82, 2.24) is 0 Å². The van der Waals surface area contributed by atoms with E-state index < -0.39 is 0 Å². The van der Waals surface area contributed by atoms with Crippen LogP contribution in [0.1, 0.15) is 18.5 Å². The number of benzene rings is 2. The highest BCUT2D eigenvalue weighted by Gasteiger charge is 2.08. The van der Waals surface area contributed by atoms with Crippen LogP contribution in [-0.4, -0.2) is 6.61 Å². The number of rotatable bonds is 5. The molecule has 1 N–H and O–H groups in total. The van der Waals surface area contributed by atoms with Crippen LogP contribution in [0.3, 0.4) is 0 Å². The molecule has 0 aliphatic rings. The Kier molecular flexibility index (Phi) is 5.71. The second-order valence-corrected chi connectivity index (χ2v) is 6.16. The molecule has 0 spiro atoms. The summed E-state index contributed by atoms with van der Waals surface area (Å²) < 4.78 is 6.34. The number of anilines is 1. The fraction of sp³-hybridized carbons (Fsp3) is 0.188. The van der Waals surface area contributed by atoms with Gasteiger partial charge < -0.3 is 10.1 Å². The molecular weight excluding hydrogens is 399 g/mol. The Morgan fingerprint density at radius 2 is 2.00 bits per heavy atom. The fourth-order valence-electron chi connectivity index (χ4n) is 1.89. The van der Waals surface area contributed by atoms with E-state index in [4.69, 9.17) is 21.6 Å². The van der Waals surface area contributed by atoms with Crippen LogP contribution in [-0.2, 0) is 0 Å². The third-order valence-electron chi connectivity index (χ3n) is 2.99. The van der Waals surface area contributed by atoms with Crippen molar-refractivity contribution in [3.05, 3.63) is 56.6 Å². The van der Waals surface area contributed by atoms with Gasteiger partial charge in [0.15, 0.2) is 6.61 Å². The number of halogens is 2. The van der Waals surface area contributed by atoms with Gasteiger partial charge in [-0.1, -0.05) is 23.7 Å². The molecule has 2 aromatic rings. The minimum Gasteiger partial charge on any atom is -0.479 e. The molecule has 3 nitrogen and oxygen atoms in total. The van der Waals surface area contributed by atoms with Crippen molar-refractivity contribution in [3.8, 4) is 11.8 Å². The molecule has 0 aliphatic carbocycles. The molecule has 1 unspecified atom stereocenters. The molecule has 0 bridgehead atoms. The molecule has 0 fully saturated rings. The monoisotopic (exact) mass is 412 g/mol. The Labute approximate surface area is 143 Å². The summed E-state index contributed by atoms with van der Waals surface area (Å²) >= 11 is 8.46. The van der Waals surface area contributed by atoms with Crippen molar-refractivity contribution in [1.29, 1.82) is 5.26 Å². The lowest BCUT2D eigenvalue weighted by Gasteiger charge is -2.17. The first-order chi connectivity index (χ1) is 10.1. The van der Waals surface area contributed by atoms with E-state index in [1.165, 1.54) is 0 Å². The van der Waals surface area contributed by atoms with E-state index in [-0.39, 0.29) is 12.6 Å². The lowest BCUT2D eigenvalue weighted by atomic mass is 10.1. The summed E-state index contributed by atoms with van der Waals surface area (Å²) in [5, 5.41) is 12.6. The zero-order valence-corrected chi connectivity index (χ0v) is 14.4. The van der Waals surface area contributed by atoms with E-state index in [0.717, 1.165) is 14.8 Å². The van der Waals surface area contributed by atoms with Crippen molar-refractivity contribution >= 4 is 39.9 Å². The molecule has 0 radical (unpaired) electrons. The van der Waals surface area contributed by atoms with Crippen LogP contribution in [0, 0.1) is 14.9 Å². The van der Waals surface area contributed by atoms with Crippen molar-refractivity contribution in [2.75, 3.05) is 11.9 Å². The van der Waals surface area contributed by atoms with Gasteiger partial charge in [-0.3, -0.25) is 0 Å². The minimum atomic E-state index is 0.0609. The molecule has 0 saturated heterocycles. The zero-order chi connectivity index (χ0) is 15.2. The second kappa shape index (κ2) is 7.53. The van der Waals surface area contributed by atoms with Crippen molar-refractivity contribution in [2.45, 2.75) is 13.0 Å². The molecular formula is C16H14ClIN2O. The summed E-state index contributed by atoms with van der Waals surface area (Å²) in [6.45, 7) is 2.13. The van der Waals surface area contributed by atoms with Crippen molar-refractivity contribution < 1.29 is 4.74 Å². The predicted octanol–water partition coefficient (Wildman–Crippen LogP) is 5.02. The van der Waals surface area contributed by atoms with E-state index in [9.17, 15) is 0 Å². The summed E-state index contributed by atoms with van der Waals surface area (Å²) in [4.78, 5) is 0. The van der Waals surface area contributed by atoms with Gasteiger partial charge in [0.2, 0.25) is 0 Å². The van der Waals surface area contributed by atoms with E-state index in [0.29, 0.717) is 10.8 Å². The van der Waals surface area contributed by atoms with Gasteiger partial charge in [0.05, 0.1) is 10.7 Å². The average Bonchev–Trinajstić information content (AvgIpc) is 2.48. The Balaban J connectivity index is 2.06. The van der Waals surface area contributed by atoms with E-state index in [1.807, 2.05) is 48.5 Å². The molecule has 108 valence electrons. The first kappa shape index (κ1) is 15.9. The number of nitrogens with one attached hydrogen (secondary N) is 1. The first-order valence-electron chi connectivity index (χ1n) is 6.41. The Hall–Kier alpha value is -1.45. The van der Waals surface area contributed by atoms with E-state index >= 15 is 0 Å². The lowest BCUT2D eigenvalue weighted by molar-refractivity contribution is 0.368. The van der Waals surface area contributed by atoms with Crippen LogP contribution in [0.15, 0.2) is 42.5 Å². The number of hydrogen-bond acceptors (Lipinski definition) is 3. The van der Waals surface area contributed by atoms with Crippen LogP contribution < -0.4 is 10.1 Å². The van der Waals surface area contributed by atoms with Crippen LogP contribution in [0.4, 0.5) is 5.69 Å². The number of nitrogens with zero attached hydrogens (tertiary/aromatic N) is 1. The normalized spacial score (nSPS) is 11.5. The number of nitriles is 1. The highest BCUT2D eigenvalue weighted by atomic mass is 127. The summed E-state index contributed by atoms with van der Waals surface area (Å²) in [7, 11) is 0. The van der Waals surface area contributed by atoms with Gasteiger partial charge in [-0.2, -0.15) is 5.26 Å². The highest BCUT2D eigenvalue weighted by Crippen LogP contribution is 2.28. The van der Waals surface area contributed by atoms with Gasteiger partial charge in [-0.15, -0.1) is 0 Å². The summed E-state index contributed by atoms with van der Waals surface area (Å²) in [5.41, 5.74) is 2.03. The highest BCUT2D eigenvalue weighted by molar-refractivity contribution is 14.1. The van der Waals surface area contributed by atoms with Gasteiger partial charge in [-0.05, 0) is 65.4 Å². The number of hydrogen-bond donors (Lipinski definition) is 1. The molecule has 5 heteroatoms. The largest absolute Gasteiger partial charge is 0.479 e. The van der Waals surface area contributed by atoms with Crippen LogP contribution in [0.25, 0.3) is 0 Å². The minimum absolute atomic E-state index is 0.0609. The molecule has 0 amide bonds. The van der Waals surface area contributed by atoms with Crippen LogP contribution in [0.2, 0.25) is 5.02 Å². The summed E-state index contributed by atoms with van der Waals surface area (Å²) in [6.07, 6.45) is 0. The maximum atomic E-state index is 8.48. The maximum absolute atomic E-state index is 8.48. The summed E-state index contributed by atoms with van der Waals surface area (Å²) in [5.74, 6) is 0.694. The van der Waals surface area contributed by atoms with Gasteiger partial charge in [0.1, 0.15) is 11.8 Å². The van der Waals surface area contributed by atoms with Gasteiger partial charge in [0, 0.05) is 9.61 Å². The topological polar surface area (TPSA) is 45.0 Å². The SMILES string of the molecule is CC(Nc1ccc(I)cc1Cl)c1ccc(OCC#N)cc1. The Morgan fingerprint density at radius 1 is 1.29 bits per heavy atom. The maximum Gasteiger partial charge on any atom is 0.174 e. The molecule has 21 heavy (non-hydrogen) atoms. The first-order valence-corrected chi connectivity index (χ1v) is 7.87. The zero-order valence-electron chi connectivity index (χ0n) is 11.4. The molecule has 2 rings (SSSR count). The van der Waals surface area contributed by atoms with Gasteiger partial charge in [0.25, 0.3) is 0 Å². The average molecular weight is 413 g/mol. The third kappa shape index (κ3) is 4.51. The predicted molar refractivity (Wildman–Crippen MR) is 93.8 cm³/mol. The molecule has 2 aromatic carbocycles. The molecule has 0 aliphatic heterocycles. The molecule has 0 heterocycles. The lowest BCUT2D eigenvalue weighted by Crippen LogP contribution is -2.07. The molecule has 0 aromatic heterocycles. The third-order valence-corrected chi connectivity index (χ3v) is 3.97. The second-order valence-electron chi connectivity index (χ2n) is 4.51. The number of ether oxygens (including phenoxy) is 1. The van der Waals surface area contributed by atoms with Crippen molar-refractivity contribution in [3.63, 3.8) is 0 Å². The van der Waals surface area contributed by atoms with Gasteiger partial charge in [-0.25, -0.2) is 0 Å². The van der Waals surface area contributed by atoms with Crippen LogP contribution in [0.5, 0.6) is 5.75 Å². The van der Waals surface area contributed by atoms with Gasteiger partial charge >= 0.3 is 0 Å². The fourth-order valence-corrected chi connectivity index (χ4v) is 2.80. The standard InChI is InChI=1S/C16H14ClIN2O/c1-11(20-16-7-4-13(18)10-15(16)17)12-2-5-14(6-3-12)21-9-8-19/h2-7,10-11,20H,9H2,1H3. The molecule has 0 saturated carbocycles. The summed E-state index contributed by atoms with van der Waals surface area (Å²) in [6, 6.07) is 15.7. The smallest absolute Gasteiger partial charge is 0.174 e. The molecule has 1 atom stereocenters. The Morgan fingerprint density at radius 3 is 2.62 bits per heavy atom. The Bertz CT molecular complexity index is 652. The van der Waals surface area contributed by atoms with Crippen LogP contribution >= 0.6 is 34.2 Å². The van der Waals surface area contributed by atoms with E-state index in [1.54, 1.807) is 0 Å².